The van der Waals surface area contributed by atoms with Gasteiger partial charge in [0.2, 0.25) is 0 Å². The number of thioether (sulfide) groups is 1. The van der Waals surface area contributed by atoms with Crippen LogP contribution in [-0.2, 0) is 16.4 Å². The molecule has 2 N–H and O–H groups in total. The number of aliphatic imine (C=N–C) groups is 1. The predicted octanol–water partition coefficient (Wildman–Crippen LogP) is 2.21. The summed E-state index contributed by atoms with van der Waals surface area (Å²) in [7, 11) is -2.91. The lowest BCUT2D eigenvalue weighted by molar-refractivity contribution is 0.598. The van der Waals surface area contributed by atoms with E-state index in [2.05, 4.69) is 47.0 Å². The van der Waals surface area contributed by atoms with Gasteiger partial charge in [-0.1, -0.05) is 12.1 Å². The Morgan fingerprint density at radius 1 is 1.30 bits per heavy atom. The fraction of sp³-hybridized carbons (Fsp3) is 0.562. The van der Waals surface area contributed by atoms with E-state index in [4.69, 9.17) is 0 Å². The van der Waals surface area contributed by atoms with Gasteiger partial charge in [0.05, 0.1) is 12.3 Å². The van der Waals surface area contributed by atoms with E-state index in [0.717, 1.165) is 6.54 Å². The molecule has 130 valence electrons. The molecular formula is C16H27N3O2S2. The van der Waals surface area contributed by atoms with Crippen LogP contribution in [0.15, 0.2) is 28.1 Å². The quantitative estimate of drug-likeness (QED) is 0.323. The van der Waals surface area contributed by atoms with Crippen molar-refractivity contribution in [3.63, 3.8) is 0 Å². The fourth-order valence-electron chi connectivity index (χ4n) is 2.03. The molecule has 1 aromatic carbocycles. The Hall–Kier alpha value is -1.21. The Labute approximate surface area is 144 Å². The van der Waals surface area contributed by atoms with E-state index in [1.165, 1.54) is 22.3 Å². The van der Waals surface area contributed by atoms with Crippen LogP contribution >= 0.6 is 11.8 Å². The van der Waals surface area contributed by atoms with Crippen molar-refractivity contribution in [1.82, 2.24) is 10.6 Å². The van der Waals surface area contributed by atoms with Crippen LogP contribution in [0.4, 0.5) is 0 Å². The molecule has 0 saturated heterocycles. The predicted molar refractivity (Wildman–Crippen MR) is 100 cm³/mol. The highest BCUT2D eigenvalue weighted by Crippen LogP contribution is 2.22. The van der Waals surface area contributed by atoms with Crippen LogP contribution in [0.5, 0.6) is 0 Å². The first-order valence-electron chi connectivity index (χ1n) is 7.69. The average molecular weight is 358 g/mol. The number of sulfone groups is 1. The van der Waals surface area contributed by atoms with Gasteiger partial charge in [-0.3, -0.25) is 0 Å². The van der Waals surface area contributed by atoms with Crippen molar-refractivity contribution in [3.8, 4) is 0 Å². The maximum absolute atomic E-state index is 11.1. The summed E-state index contributed by atoms with van der Waals surface area (Å²) in [5.41, 5.74) is 2.43. The Morgan fingerprint density at radius 2 is 2.04 bits per heavy atom. The molecule has 0 fully saturated rings. The van der Waals surface area contributed by atoms with Gasteiger partial charge in [-0.25, -0.2) is 13.4 Å². The molecule has 0 saturated carbocycles. The lowest BCUT2D eigenvalue weighted by Crippen LogP contribution is -2.38. The summed E-state index contributed by atoms with van der Waals surface area (Å²) in [4.78, 5) is 5.83. The minimum absolute atomic E-state index is 0.188. The van der Waals surface area contributed by atoms with Crippen molar-refractivity contribution in [1.29, 1.82) is 0 Å². The molecule has 0 amide bonds. The van der Waals surface area contributed by atoms with Crippen molar-refractivity contribution < 1.29 is 8.42 Å². The summed E-state index contributed by atoms with van der Waals surface area (Å²) in [6.45, 7) is 6.04. The molecule has 0 aliphatic carbocycles. The van der Waals surface area contributed by atoms with Crippen LogP contribution in [0.1, 0.15) is 24.5 Å². The number of hydrogen-bond donors (Lipinski definition) is 2. The zero-order chi connectivity index (χ0) is 17.3. The van der Waals surface area contributed by atoms with E-state index in [9.17, 15) is 8.42 Å². The maximum Gasteiger partial charge on any atom is 0.191 e. The first kappa shape index (κ1) is 19.8. The van der Waals surface area contributed by atoms with Gasteiger partial charge in [0.15, 0.2) is 5.96 Å². The van der Waals surface area contributed by atoms with Crippen LogP contribution in [0.2, 0.25) is 0 Å². The maximum atomic E-state index is 11.1. The monoisotopic (exact) mass is 357 g/mol. The van der Waals surface area contributed by atoms with Gasteiger partial charge < -0.3 is 10.6 Å². The molecule has 0 atom stereocenters. The summed E-state index contributed by atoms with van der Waals surface area (Å²) < 4.78 is 22.3. The standard InChI is InChI=1S/C16H27N3O2S2/c1-5-17-16(18-9-6-10-23(4,20)21)19-12-14-8-7-13(2)11-15(14)22-3/h7-8,11H,5-6,9-10,12H2,1-4H3,(H2,17,18,19). The van der Waals surface area contributed by atoms with Crippen molar-refractivity contribution >= 4 is 27.6 Å². The van der Waals surface area contributed by atoms with Gasteiger partial charge in [0, 0.05) is 24.2 Å². The number of nitrogens with one attached hydrogen (secondary N) is 2. The Kier molecular flexibility index (Phi) is 8.47. The van der Waals surface area contributed by atoms with Gasteiger partial charge in [-0.2, -0.15) is 0 Å². The van der Waals surface area contributed by atoms with Gasteiger partial charge >= 0.3 is 0 Å². The van der Waals surface area contributed by atoms with Crippen molar-refractivity contribution in [2.75, 3.05) is 31.4 Å². The molecule has 0 aliphatic rings. The van der Waals surface area contributed by atoms with Crippen LogP contribution in [0.3, 0.4) is 0 Å². The van der Waals surface area contributed by atoms with E-state index >= 15 is 0 Å². The second kappa shape index (κ2) is 9.82. The highest BCUT2D eigenvalue weighted by Gasteiger charge is 2.04. The third-order valence-corrected chi connectivity index (χ3v) is 5.03. The van der Waals surface area contributed by atoms with Gasteiger partial charge in [-0.05, 0) is 43.7 Å². The molecule has 0 radical (unpaired) electrons. The molecule has 23 heavy (non-hydrogen) atoms. The topological polar surface area (TPSA) is 70.6 Å². The molecule has 5 nitrogen and oxygen atoms in total. The third-order valence-electron chi connectivity index (χ3n) is 3.18. The second-order valence-corrected chi connectivity index (χ2v) is 8.53. The number of aryl methyl sites for hydroxylation is 1. The lowest BCUT2D eigenvalue weighted by Gasteiger charge is -2.12. The van der Waals surface area contributed by atoms with E-state index in [0.29, 0.717) is 25.5 Å². The SMILES string of the molecule is CCNC(=NCc1ccc(C)cc1SC)NCCCS(C)(=O)=O. The number of rotatable bonds is 8. The van der Waals surface area contributed by atoms with E-state index < -0.39 is 9.84 Å². The van der Waals surface area contributed by atoms with Crippen molar-refractivity contribution in [2.24, 2.45) is 4.99 Å². The van der Waals surface area contributed by atoms with Crippen molar-refractivity contribution in [2.45, 2.75) is 31.7 Å². The molecule has 0 heterocycles. The number of benzene rings is 1. The van der Waals surface area contributed by atoms with Crippen LogP contribution in [0, 0.1) is 6.92 Å². The Bertz CT molecular complexity index is 628. The van der Waals surface area contributed by atoms with Gasteiger partial charge in [0.1, 0.15) is 9.84 Å². The molecule has 0 unspecified atom stereocenters. The van der Waals surface area contributed by atoms with Crippen molar-refractivity contribution in [3.05, 3.63) is 29.3 Å². The second-order valence-electron chi connectivity index (χ2n) is 5.42. The number of hydrogen-bond acceptors (Lipinski definition) is 4. The fourth-order valence-corrected chi connectivity index (χ4v) is 3.40. The summed E-state index contributed by atoms with van der Waals surface area (Å²) in [5, 5.41) is 6.36. The molecule has 1 rings (SSSR count). The molecule has 7 heteroatoms. The molecular weight excluding hydrogens is 330 g/mol. The molecule has 0 spiro atoms. The van der Waals surface area contributed by atoms with Crippen LogP contribution < -0.4 is 10.6 Å². The summed E-state index contributed by atoms with van der Waals surface area (Å²) in [6.07, 6.45) is 3.90. The molecule has 0 aromatic heterocycles. The van der Waals surface area contributed by atoms with Gasteiger partial charge in [0.25, 0.3) is 0 Å². The molecule has 1 aromatic rings. The summed E-state index contributed by atoms with van der Waals surface area (Å²) in [5.74, 6) is 0.905. The third kappa shape index (κ3) is 8.27. The van der Waals surface area contributed by atoms with Gasteiger partial charge in [-0.15, -0.1) is 11.8 Å². The minimum atomic E-state index is -2.91. The highest BCUT2D eigenvalue weighted by molar-refractivity contribution is 7.98. The smallest absolute Gasteiger partial charge is 0.191 e. The first-order valence-corrected chi connectivity index (χ1v) is 11.0. The number of nitrogens with zero attached hydrogens (tertiary/aromatic N) is 1. The largest absolute Gasteiger partial charge is 0.357 e. The minimum Gasteiger partial charge on any atom is -0.357 e. The lowest BCUT2D eigenvalue weighted by atomic mass is 10.1. The van der Waals surface area contributed by atoms with E-state index in [-0.39, 0.29) is 5.75 Å². The highest BCUT2D eigenvalue weighted by atomic mass is 32.2. The van der Waals surface area contributed by atoms with E-state index in [1.54, 1.807) is 11.8 Å². The summed E-state index contributed by atoms with van der Waals surface area (Å²) >= 11 is 1.72. The van der Waals surface area contributed by atoms with Crippen LogP contribution in [0.25, 0.3) is 0 Å². The zero-order valence-electron chi connectivity index (χ0n) is 14.3. The van der Waals surface area contributed by atoms with E-state index in [1.807, 2.05) is 6.92 Å². The number of guanidine groups is 1. The average Bonchev–Trinajstić information content (AvgIpc) is 2.48. The first-order chi connectivity index (χ1) is 10.9. The Balaban J connectivity index is 2.64. The normalized spacial score (nSPS) is 12.3. The van der Waals surface area contributed by atoms with Crippen LogP contribution in [-0.4, -0.2) is 45.7 Å². The Morgan fingerprint density at radius 3 is 2.65 bits per heavy atom. The zero-order valence-corrected chi connectivity index (χ0v) is 16.0. The molecule has 0 bridgehead atoms. The molecule has 0 aliphatic heterocycles. The summed E-state index contributed by atoms with van der Waals surface area (Å²) in [6, 6.07) is 6.37.